The highest BCUT2D eigenvalue weighted by atomic mass is 16.5. The number of nitrogens with one attached hydrogen (secondary N) is 1. The Bertz CT molecular complexity index is 371. The van der Waals surface area contributed by atoms with Gasteiger partial charge in [-0.3, -0.25) is 0 Å². The molecule has 108 valence electrons. The minimum absolute atomic E-state index is 0.453. The van der Waals surface area contributed by atoms with Gasteiger partial charge in [-0.15, -0.1) is 0 Å². The minimum atomic E-state index is 0.453. The monoisotopic (exact) mass is 265 g/mol. The summed E-state index contributed by atoms with van der Waals surface area (Å²) < 4.78 is 5.41. The van der Waals surface area contributed by atoms with Crippen molar-refractivity contribution < 1.29 is 4.52 Å². The van der Waals surface area contributed by atoms with Crippen molar-refractivity contribution in [3.8, 4) is 0 Å². The summed E-state index contributed by atoms with van der Waals surface area (Å²) in [6, 6.07) is 0.453. The zero-order valence-corrected chi connectivity index (χ0v) is 12.5. The van der Waals surface area contributed by atoms with Gasteiger partial charge in [-0.05, 0) is 38.1 Å². The van der Waals surface area contributed by atoms with E-state index >= 15 is 0 Å². The second kappa shape index (κ2) is 7.04. The summed E-state index contributed by atoms with van der Waals surface area (Å²) in [6.45, 7) is 7.77. The van der Waals surface area contributed by atoms with Crippen molar-refractivity contribution in [1.29, 1.82) is 0 Å². The fourth-order valence-corrected chi connectivity index (χ4v) is 2.55. The largest absolute Gasteiger partial charge is 0.339 e. The van der Waals surface area contributed by atoms with Gasteiger partial charge in [0.2, 0.25) is 5.89 Å². The highest BCUT2D eigenvalue weighted by molar-refractivity contribution is 5.00. The summed E-state index contributed by atoms with van der Waals surface area (Å²) in [5.41, 5.74) is 0. The molecule has 1 atom stereocenters. The molecule has 1 aromatic rings. The van der Waals surface area contributed by atoms with Gasteiger partial charge in [0.15, 0.2) is 5.82 Å². The molecule has 0 spiro atoms. The van der Waals surface area contributed by atoms with E-state index in [4.69, 9.17) is 4.52 Å². The van der Waals surface area contributed by atoms with Gasteiger partial charge in [-0.1, -0.05) is 32.3 Å². The van der Waals surface area contributed by atoms with Crippen molar-refractivity contribution in [2.24, 2.45) is 5.92 Å². The minimum Gasteiger partial charge on any atom is -0.339 e. The van der Waals surface area contributed by atoms with Crippen LogP contribution < -0.4 is 5.32 Å². The van der Waals surface area contributed by atoms with E-state index in [1.807, 2.05) is 0 Å². The molecule has 4 nitrogen and oxygen atoms in total. The Balaban J connectivity index is 1.89. The third-order valence-electron chi connectivity index (χ3n) is 3.81. The van der Waals surface area contributed by atoms with Crippen molar-refractivity contribution >= 4 is 0 Å². The van der Waals surface area contributed by atoms with Crippen LogP contribution in [0.3, 0.4) is 0 Å². The molecule has 0 aliphatic heterocycles. The quantitative estimate of drug-likeness (QED) is 0.783. The number of nitrogens with zero attached hydrogens (tertiary/aromatic N) is 2. The number of hydrogen-bond donors (Lipinski definition) is 1. The second-order valence-electron chi connectivity index (χ2n) is 6.16. The van der Waals surface area contributed by atoms with Crippen LogP contribution in [0.2, 0.25) is 0 Å². The first-order valence-electron chi connectivity index (χ1n) is 7.75. The van der Waals surface area contributed by atoms with Gasteiger partial charge in [0.25, 0.3) is 0 Å². The third-order valence-corrected chi connectivity index (χ3v) is 3.81. The van der Waals surface area contributed by atoms with Gasteiger partial charge in [-0.2, -0.15) is 4.98 Å². The summed E-state index contributed by atoms with van der Waals surface area (Å²) in [7, 11) is 0. The highest BCUT2D eigenvalue weighted by Gasteiger charge is 2.25. The molecule has 4 heteroatoms. The smallest absolute Gasteiger partial charge is 0.228 e. The van der Waals surface area contributed by atoms with Gasteiger partial charge in [-0.25, -0.2) is 0 Å². The van der Waals surface area contributed by atoms with Gasteiger partial charge < -0.3 is 9.84 Å². The zero-order valence-electron chi connectivity index (χ0n) is 12.5. The first-order chi connectivity index (χ1) is 9.19. The van der Waals surface area contributed by atoms with Crippen molar-refractivity contribution in [2.45, 2.75) is 71.3 Å². The molecular formula is C15H27N3O. The van der Waals surface area contributed by atoms with Crippen molar-refractivity contribution in [3.63, 3.8) is 0 Å². The average molecular weight is 265 g/mol. The Labute approximate surface area is 116 Å². The van der Waals surface area contributed by atoms with Gasteiger partial charge in [0.05, 0.1) is 0 Å². The van der Waals surface area contributed by atoms with Crippen molar-refractivity contribution in [2.75, 3.05) is 6.54 Å². The van der Waals surface area contributed by atoms with Crippen LogP contribution in [0.25, 0.3) is 0 Å². The highest BCUT2D eigenvalue weighted by Crippen LogP contribution is 2.34. The second-order valence-corrected chi connectivity index (χ2v) is 6.16. The zero-order chi connectivity index (χ0) is 13.7. The lowest BCUT2D eigenvalue weighted by molar-refractivity contribution is 0.326. The van der Waals surface area contributed by atoms with Crippen LogP contribution in [0.15, 0.2) is 4.52 Å². The van der Waals surface area contributed by atoms with E-state index in [9.17, 15) is 0 Å². The van der Waals surface area contributed by atoms with E-state index in [-0.39, 0.29) is 0 Å². The summed E-state index contributed by atoms with van der Waals surface area (Å²) >= 11 is 0. The molecule has 1 unspecified atom stereocenters. The lowest BCUT2D eigenvalue weighted by Gasteiger charge is -2.21. The standard InChI is InChI=1S/C15H27N3O/c1-4-8-16-13(9-11(2)3)10-14-17-15(18-19-14)12-6-5-7-12/h11-13,16H,4-10H2,1-3H3. The Morgan fingerprint density at radius 3 is 2.74 bits per heavy atom. The van der Waals surface area contributed by atoms with Gasteiger partial charge in [0, 0.05) is 18.4 Å². The molecule has 1 aliphatic carbocycles. The Kier molecular flexibility index (Phi) is 5.37. The molecule has 0 bridgehead atoms. The van der Waals surface area contributed by atoms with E-state index in [1.165, 1.54) is 19.3 Å². The maximum Gasteiger partial charge on any atom is 0.228 e. The molecule has 2 rings (SSSR count). The van der Waals surface area contributed by atoms with E-state index < -0.39 is 0 Å². The average Bonchev–Trinajstić information content (AvgIpc) is 2.71. The van der Waals surface area contributed by atoms with Crippen LogP contribution >= 0.6 is 0 Å². The van der Waals surface area contributed by atoms with Crippen LogP contribution in [-0.2, 0) is 6.42 Å². The van der Waals surface area contributed by atoms with Gasteiger partial charge in [0.1, 0.15) is 0 Å². The van der Waals surface area contributed by atoms with E-state index in [0.29, 0.717) is 17.9 Å². The van der Waals surface area contributed by atoms with Crippen LogP contribution in [0, 0.1) is 5.92 Å². The lowest BCUT2D eigenvalue weighted by atomic mass is 9.85. The van der Waals surface area contributed by atoms with E-state index in [1.54, 1.807) is 0 Å². The predicted octanol–water partition coefficient (Wildman–Crippen LogP) is 3.29. The molecule has 1 heterocycles. The molecule has 1 aliphatic rings. The summed E-state index contributed by atoms with van der Waals surface area (Å²) in [6.07, 6.45) is 6.93. The maximum absolute atomic E-state index is 5.41. The summed E-state index contributed by atoms with van der Waals surface area (Å²) in [5.74, 6) is 2.98. The Hall–Kier alpha value is -0.900. The molecule has 0 amide bonds. The van der Waals surface area contributed by atoms with Crippen molar-refractivity contribution in [3.05, 3.63) is 11.7 Å². The van der Waals surface area contributed by atoms with Crippen LogP contribution in [0.4, 0.5) is 0 Å². The SMILES string of the molecule is CCCNC(Cc1nc(C2CCC2)no1)CC(C)C. The fourth-order valence-electron chi connectivity index (χ4n) is 2.55. The molecule has 0 saturated heterocycles. The summed E-state index contributed by atoms with van der Waals surface area (Å²) in [4.78, 5) is 4.57. The van der Waals surface area contributed by atoms with E-state index in [2.05, 4.69) is 36.2 Å². The lowest BCUT2D eigenvalue weighted by Crippen LogP contribution is -2.33. The maximum atomic E-state index is 5.41. The third kappa shape index (κ3) is 4.30. The summed E-state index contributed by atoms with van der Waals surface area (Å²) in [5, 5.41) is 7.72. The molecule has 19 heavy (non-hydrogen) atoms. The molecule has 1 saturated carbocycles. The van der Waals surface area contributed by atoms with Crippen LogP contribution in [0.1, 0.15) is 70.5 Å². The molecule has 1 aromatic heterocycles. The van der Waals surface area contributed by atoms with Crippen molar-refractivity contribution in [1.82, 2.24) is 15.5 Å². The predicted molar refractivity (Wildman–Crippen MR) is 76.1 cm³/mol. The number of rotatable bonds is 8. The number of aromatic nitrogens is 2. The van der Waals surface area contributed by atoms with Gasteiger partial charge >= 0.3 is 0 Å². The number of hydrogen-bond acceptors (Lipinski definition) is 4. The Morgan fingerprint density at radius 2 is 2.16 bits per heavy atom. The molecule has 0 aromatic carbocycles. The van der Waals surface area contributed by atoms with E-state index in [0.717, 1.165) is 37.5 Å². The molecule has 0 radical (unpaired) electrons. The first-order valence-corrected chi connectivity index (χ1v) is 7.75. The fraction of sp³-hybridized carbons (Fsp3) is 0.867. The van der Waals surface area contributed by atoms with Crippen LogP contribution in [0.5, 0.6) is 0 Å². The molecular weight excluding hydrogens is 238 g/mol. The normalized spacial score (nSPS) is 17.7. The Morgan fingerprint density at radius 1 is 1.37 bits per heavy atom. The molecule has 1 fully saturated rings. The van der Waals surface area contributed by atoms with Crippen LogP contribution in [-0.4, -0.2) is 22.7 Å². The topological polar surface area (TPSA) is 51.0 Å². The first kappa shape index (κ1) is 14.5. The molecule has 1 N–H and O–H groups in total.